The van der Waals surface area contributed by atoms with Gasteiger partial charge in [0.1, 0.15) is 13.3 Å². The molecule has 3 nitrogen and oxygen atoms in total. The summed E-state index contributed by atoms with van der Waals surface area (Å²) in [6.45, 7) is 2.40. The van der Waals surface area contributed by atoms with Crippen molar-refractivity contribution in [3.8, 4) is 5.88 Å². The first-order chi connectivity index (χ1) is 7.31. The van der Waals surface area contributed by atoms with Crippen LogP contribution in [0, 0.1) is 0 Å². The molecule has 0 amide bonds. The summed E-state index contributed by atoms with van der Waals surface area (Å²) in [6.07, 6.45) is 2.59. The molecule has 1 rings (SSSR count). The molecular weight excluding hydrogens is 195 g/mol. The number of ether oxygens (including phenoxy) is 1. The quantitative estimate of drug-likeness (QED) is 0.779. The first kappa shape index (κ1) is 11.9. The number of nitrogens with zero attached hydrogens (tertiary/aromatic N) is 1. The van der Waals surface area contributed by atoms with Crippen LogP contribution in [0.2, 0.25) is 0 Å². The van der Waals surface area contributed by atoms with E-state index in [9.17, 15) is 4.39 Å². The van der Waals surface area contributed by atoms with Crippen molar-refractivity contribution in [1.29, 1.82) is 0 Å². The summed E-state index contributed by atoms with van der Waals surface area (Å²) in [4.78, 5) is 4.18. The molecule has 1 aromatic rings. The van der Waals surface area contributed by atoms with Gasteiger partial charge in [0.05, 0.1) is 0 Å². The topological polar surface area (TPSA) is 34.2 Å². The molecule has 0 atom stereocenters. The van der Waals surface area contributed by atoms with Gasteiger partial charge in [0.15, 0.2) is 0 Å². The van der Waals surface area contributed by atoms with E-state index in [1.165, 1.54) is 0 Å². The summed E-state index contributed by atoms with van der Waals surface area (Å²) in [5, 5.41) is 3.06. The number of alkyl halides is 1. The van der Waals surface area contributed by atoms with E-state index in [4.69, 9.17) is 4.74 Å². The number of halogens is 1. The molecule has 15 heavy (non-hydrogen) atoms. The Morgan fingerprint density at radius 1 is 1.53 bits per heavy atom. The van der Waals surface area contributed by atoms with Crippen LogP contribution in [0.1, 0.15) is 18.1 Å². The SMILES string of the molecule is CCc1cc(CNC)cnc1OCCF. The van der Waals surface area contributed by atoms with E-state index in [-0.39, 0.29) is 6.61 Å². The zero-order valence-electron chi connectivity index (χ0n) is 9.22. The van der Waals surface area contributed by atoms with Gasteiger partial charge in [-0.3, -0.25) is 0 Å². The van der Waals surface area contributed by atoms with Gasteiger partial charge in [-0.15, -0.1) is 0 Å². The number of aromatic nitrogens is 1. The smallest absolute Gasteiger partial charge is 0.216 e. The van der Waals surface area contributed by atoms with E-state index in [0.29, 0.717) is 5.88 Å². The molecule has 0 unspecified atom stereocenters. The van der Waals surface area contributed by atoms with Crippen LogP contribution < -0.4 is 10.1 Å². The Balaban J connectivity index is 2.78. The second-order valence-corrected chi connectivity index (χ2v) is 3.23. The predicted octanol–water partition coefficient (Wildman–Crippen LogP) is 1.71. The van der Waals surface area contributed by atoms with Crippen molar-refractivity contribution in [1.82, 2.24) is 10.3 Å². The van der Waals surface area contributed by atoms with Crippen molar-refractivity contribution < 1.29 is 9.13 Å². The average Bonchev–Trinajstić information content (AvgIpc) is 2.27. The highest BCUT2D eigenvalue weighted by atomic mass is 19.1. The molecule has 0 aliphatic rings. The van der Waals surface area contributed by atoms with Crippen molar-refractivity contribution in [3.63, 3.8) is 0 Å². The molecule has 0 saturated carbocycles. The van der Waals surface area contributed by atoms with Gasteiger partial charge in [-0.1, -0.05) is 6.92 Å². The van der Waals surface area contributed by atoms with Crippen LogP contribution in [-0.4, -0.2) is 25.3 Å². The highest BCUT2D eigenvalue weighted by Gasteiger charge is 2.04. The lowest BCUT2D eigenvalue weighted by atomic mass is 10.1. The van der Waals surface area contributed by atoms with Crippen molar-refractivity contribution >= 4 is 0 Å². The van der Waals surface area contributed by atoms with Crippen LogP contribution in [0.3, 0.4) is 0 Å². The Morgan fingerprint density at radius 2 is 2.33 bits per heavy atom. The highest BCUT2D eigenvalue weighted by molar-refractivity contribution is 5.30. The Kier molecular flexibility index (Phi) is 5.04. The third kappa shape index (κ3) is 3.47. The molecule has 0 saturated heterocycles. The van der Waals surface area contributed by atoms with Gasteiger partial charge in [0, 0.05) is 18.3 Å². The molecule has 0 bridgehead atoms. The summed E-state index contributed by atoms with van der Waals surface area (Å²) in [6, 6.07) is 2.04. The standard InChI is InChI=1S/C11H17FN2O/c1-3-10-6-9(7-13-2)8-14-11(10)15-5-4-12/h6,8,13H,3-5,7H2,1-2H3. The fourth-order valence-electron chi connectivity index (χ4n) is 1.37. The fraction of sp³-hybridized carbons (Fsp3) is 0.545. The van der Waals surface area contributed by atoms with Gasteiger partial charge in [-0.25, -0.2) is 9.37 Å². The average molecular weight is 212 g/mol. The van der Waals surface area contributed by atoms with E-state index in [1.54, 1.807) is 6.20 Å². The maximum absolute atomic E-state index is 12.0. The Morgan fingerprint density at radius 3 is 2.93 bits per heavy atom. The molecule has 4 heteroatoms. The summed E-state index contributed by atoms with van der Waals surface area (Å²) >= 11 is 0. The minimum absolute atomic E-state index is 0.0748. The van der Waals surface area contributed by atoms with Crippen molar-refractivity contribution in [2.75, 3.05) is 20.3 Å². The Hall–Kier alpha value is -1.16. The number of hydrogen-bond donors (Lipinski definition) is 1. The molecule has 0 spiro atoms. The third-order valence-electron chi connectivity index (χ3n) is 2.06. The Labute approximate surface area is 89.7 Å². The summed E-state index contributed by atoms with van der Waals surface area (Å²) in [5.74, 6) is 0.551. The van der Waals surface area contributed by atoms with E-state index in [2.05, 4.69) is 10.3 Å². The summed E-state index contributed by atoms with van der Waals surface area (Å²) in [5.41, 5.74) is 2.14. The van der Waals surface area contributed by atoms with Crippen molar-refractivity contribution in [2.24, 2.45) is 0 Å². The zero-order chi connectivity index (χ0) is 11.1. The normalized spacial score (nSPS) is 10.3. The van der Waals surface area contributed by atoms with E-state index in [1.807, 2.05) is 20.0 Å². The third-order valence-corrected chi connectivity index (χ3v) is 2.06. The molecule has 84 valence electrons. The van der Waals surface area contributed by atoms with Crippen LogP contribution in [0.5, 0.6) is 5.88 Å². The van der Waals surface area contributed by atoms with E-state index >= 15 is 0 Å². The Bertz CT molecular complexity index is 305. The number of aryl methyl sites for hydroxylation is 1. The zero-order valence-corrected chi connectivity index (χ0v) is 9.22. The number of hydrogen-bond acceptors (Lipinski definition) is 3. The molecule has 1 aromatic heterocycles. The van der Waals surface area contributed by atoms with Crippen LogP contribution in [0.4, 0.5) is 4.39 Å². The second kappa shape index (κ2) is 6.35. The van der Waals surface area contributed by atoms with E-state index in [0.717, 1.165) is 24.1 Å². The van der Waals surface area contributed by atoms with Gasteiger partial charge in [0.2, 0.25) is 5.88 Å². The summed E-state index contributed by atoms with van der Waals surface area (Å²) in [7, 11) is 1.89. The molecule has 0 aliphatic carbocycles. The van der Waals surface area contributed by atoms with Crippen molar-refractivity contribution in [3.05, 3.63) is 23.4 Å². The van der Waals surface area contributed by atoms with Crippen LogP contribution in [0.15, 0.2) is 12.3 Å². The molecule has 0 radical (unpaired) electrons. The van der Waals surface area contributed by atoms with Crippen LogP contribution in [-0.2, 0) is 13.0 Å². The van der Waals surface area contributed by atoms with Crippen LogP contribution >= 0.6 is 0 Å². The molecule has 0 aromatic carbocycles. The monoisotopic (exact) mass is 212 g/mol. The first-order valence-electron chi connectivity index (χ1n) is 5.13. The molecule has 1 N–H and O–H groups in total. The molecule has 1 heterocycles. The maximum Gasteiger partial charge on any atom is 0.216 e. The lowest BCUT2D eigenvalue weighted by Crippen LogP contribution is -2.08. The van der Waals surface area contributed by atoms with E-state index < -0.39 is 6.67 Å². The predicted molar refractivity (Wildman–Crippen MR) is 57.8 cm³/mol. The minimum atomic E-state index is -0.483. The van der Waals surface area contributed by atoms with Gasteiger partial charge in [-0.05, 0) is 25.1 Å². The maximum atomic E-state index is 12.0. The molecular formula is C11H17FN2O. The van der Waals surface area contributed by atoms with Crippen LogP contribution in [0.25, 0.3) is 0 Å². The first-order valence-corrected chi connectivity index (χ1v) is 5.13. The fourth-order valence-corrected chi connectivity index (χ4v) is 1.37. The minimum Gasteiger partial charge on any atom is -0.475 e. The number of rotatable bonds is 6. The lowest BCUT2D eigenvalue weighted by Gasteiger charge is -2.09. The summed E-state index contributed by atoms with van der Waals surface area (Å²) < 4.78 is 17.2. The van der Waals surface area contributed by atoms with Gasteiger partial charge in [-0.2, -0.15) is 0 Å². The molecule has 0 fully saturated rings. The van der Waals surface area contributed by atoms with Gasteiger partial charge >= 0.3 is 0 Å². The van der Waals surface area contributed by atoms with Gasteiger partial charge in [0.25, 0.3) is 0 Å². The number of nitrogens with one attached hydrogen (secondary N) is 1. The lowest BCUT2D eigenvalue weighted by molar-refractivity contribution is 0.262. The van der Waals surface area contributed by atoms with Crippen molar-refractivity contribution in [2.45, 2.75) is 19.9 Å². The highest BCUT2D eigenvalue weighted by Crippen LogP contribution is 2.17. The van der Waals surface area contributed by atoms with Gasteiger partial charge < -0.3 is 10.1 Å². The number of pyridine rings is 1. The second-order valence-electron chi connectivity index (χ2n) is 3.23. The molecule has 0 aliphatic heterocycles. The largest absolute Gasteiger partial charge is 0.475 e.